The summed E-state index contributed by atoms with van der Waals surface area (Å²) in [5.74, 6) is 0.897. The van der Waals surface area contributed by atoms with E-state index in [4.69, 9.17) is 9.47 Å². The van der Waals surface area contributed by atoms with Crippen LogP contribution in [0.2, 0.25) is 0 Å². The van der Waals surface area contributed by atoms with Crippen LogP contribution in [0.25, 0.3) is 0 Å². The molecule has 3 aromatic rings. The second-order valence-electron chi connectivity index (χ2n) is 10.6. The minimum absolute atomic E-state index is 0.00895. The number of nitrogens with one attached hydrogen (secondary N) is 1. The molecule has 8 heteroatoms. The van der Waals surface area contributed by atoms with Crippen LogP contribution in [0.5, 0.6) is 11.5 Å². The molecule has 2 amide bonds. The lowest BCUT2D eigenvalue weighted by molar-refractivity contribution is -0.115. The zero-order chi connectivity index (χ0) is 28.6. The Kier molecular flexibility index (Phi) is 9.79. The predicted molar refractivity (Wildman–Crippen MR) is 156 cm³/mol. The number of amides is 2. The Balaban J connectivity index is 1.54. The van der Waals surface area contributed by atoms with Gasteiger partial charge in [0.2, 0.25) is 5.91 Å². The normalized spacial score (nSPS) is 17.9. The van der Waals surface area contributed by atoms with Crippen LogP contribution >= 0.6 is 0 Å². The molecule has 1 heterocycles. The second-order valence-corrected chi connectivity index (χ2v) is 10.6. The minimum atomic E-state index is -0.366. The zero-order valence-corrected chi connectivity index (χ0v) is 23.7. The summed E-state index contributed by atoms with van der Waals surface area (Å²) in [5, 5.41) is 12.8. The van der Waals surface area contributed by atoms with Gasteiger partial charge in [-0.2, -0.15) is 0 Å². The highest BCUT2D eigenvalue weighted by Gasteiger charge is 2.33. The van der Waals surface area contributed by atoms with Crippen molar-refractivity contribution in [3.8, 4) is 11.5 Å². The topological polar surface area (TPSA) is 91.3 Å². The summed E-state index contributed by atoms with van der Waals surface area (Å²) in [6, 6.07) is 22.3. The smallest absolute Gasteiger partial charge is 0.258 e. The third-order valence-corrected chi connectivity index (χ3v) is 7.26. The average Bonchev–Trinajstić information content (AvgIpc) is 2.95. The lowest BCUT2D eigenvalue weighted by Crippen LogP contribution is -2.49. The number of nitrogens with zero attached hydrogens (tertiary/aromatic N) is 2. The quantitative estimate of drug-likeness (QED) is 0.396. The first-order chi connectivity index (χ1) is 19.3. The van der Waals surface area contributed by atoms with Crippen molar-refractivity contribution in [3.05, 3.63) is 89.5 Å². The van der Waals surface area contributed by atoms with Crippen molar-refractivity contribution in [1.82, 2.24) is 9.80 Å². The van der Waals surface area contributed by atoms with E-state index in [1.807, 2.05) is 68.6 Å². The van der Waals surface area contributed by atoms with Gasteiger partial charge in [0.1, 0.15) is 17.6 Å². The zero-order valence-electron chi connectivity index (χ0n) is 23.7. The van der Waals surface area contributed by atoms with Crippen LogP contribution in [-0.4, -0.2) is 72.7 Å². The number of fused-ring (bicyclic) bond motifs is 1. The summed E-state index contributed by atoms with van der Waals surface area (Å²) in [6.45, 7) is 5.56. The van der Waals surface area contributed by atoms with Gasteiger partial charge in [-0.05, 0) is 55.4 Å². The number of ether oxygens (including phenoxy) is 2. The molecule has 1 aliphatic heterocycles. The molecule has 212 valence electrons. The van der Waals surface area contributed by atoms with Gasteiger partial charge in [0.25, 0.3) is 5.91 Å². The molecule has 0 aliphatic carbocycles. The van der Waals surface area contributed by atoms with Crippen LogP contribution in [0.1, 0.15) is 35.3 Å². The van der Waals surface area contributed by atoms with Gasteiger partial charge in [-0.1, -0.05) is 49.4 Å². The van der Waals surface area contributed by atoms with Crippen LogP contribution in [0, 0.1) is 5.92 Å². The van der Waals surface area contributed by atoms with E-state index in [1.165, 1.54) is 0 Å². The van der Waals surface area contributed by atoms with Gasteiger partial charge >= 0.3 is 0 Å². The SMILES string of the molecule is COc1ccc(CN(C)C[C@@H]2Oc3ccc(NC(=O)Cc4ccccc4)cc3C(=O)N([C@H](C)CO)C[C@@H]2C)cc1. The van der Waals surface area contributed by atoms with Crippen molar-refractivity contribution in [2.45, 2.75) is 39.0 Å². The van der Waals surface area contributed by atoms with Crippen molar-refractivity contribution in [1.29, 1.82) is 0 Å². The van der Waals surface area contributed by atoms with Gasteiger partial charge in [-0.15, -0.1) is 0 Å². The fourth-order valence-electron chi connectivity index (χ4n) is 4.92. The Bertz CT molecular complexity index is 1280. The van der Waals surface area contributed by atoms with E-state index in [9.17, 15) is 14.7 Å². The van der Waals surface area contributed by atoms with Gasteiger partial charge in [0.15, 0.2) is 0 Å². The first-order valence-corrected chi connectivity index (χ1v) is 13.6. The van der Waals surface area contributed by atoms with Gasteiger partial charge in [-0.25, -0.2) is 0 Å². The average molecular weight is 546 g/mol. The number of methoxy groups -OCH3 is 1. The Morgan fingerprint density at radius 2 is 1.85 bits per heavy atom. The maximum atomic E-state index is 13.7. The van der Waals surface area contributed by atoms with Crippen LogP contribution in [0.3, 0.4) is 0 Å². The van der Waals surface area contributed by atoms with Crippen molar-refractivity contribution in [3.63, 3.8) is 0 Å². The summed E-state index contributed by atoms with van der Waals surface area (Å²) in [6.07, 6.45) is 0.0258. The van der Waals surface area contributed by atoms with Crippen molar-refractivity contribution < 1.29 is 24.2 Å². The van der Waals surface area contributed by atoms with Crippen molar-refractivity contribution in [2.75, 3.05) is 39.2 Å². The standard InChI is InChI=1S/C32H39N3O5/c1-22-18-35(23(2)21-36)32(38)28-17-26(33-31(37)16-24-8-6-5-7-9-24)12-15-29(28)40-30(22)20-34(3)19-25-10-13-27(39-4)14-11-25/h5-15,17,22-23,30,36H,16,18-21H2,1-4H3,(H,33,37)/t22-,23+,30-/m0/s1. The number of benzene rings is 3. The number of carbonyl (C=O) groups is 2. The lowest BCUT2D eigenvalue weighted by Gasteiger charge is -2.38. The molecular formula is C32H39N3O5. The molecule has 3 aromatic carbocycles. The van der Waals surface area contributed by atoms with E-state index < -0.39 is 0 Å². The number of aliphatic hydroxyl groups excluding tert-OH is 1. The van der Waals surface area contributed by atoms with Crippen molar-refractivity contribution >= 4 is 17.5 Å². The van der Waals surface area contributed by atoms with Crippen LogP contribution < -0.4 is 14.8 Å². The Morgan fingerprint density at radius 1 is 1.12 bits per heavy atom. The summed E-state index contributed by atoms with van der Waals surface area (Å²) >= 11 is 0. The van der Waals surface area contributed by atoms with E-state index in [1.54, 1.807) is 30.2 Å². The number of carbonyl (C=O) groups excluding carboxylic acids is 2. The minimum Gasteiger partial charge on any atom is -0.497 e. The Hall–Kier alpha value is -3.88. The fraction of sp³-hybridized carbons (Fsp3) is 0.375. The van der Waals surface area contributed by atoms with Gasteiger partial charge in [-0.3, -0.25) is 14.5 Å². The molecule has 0 aromatic heterocycles. The molecule has 4 rings (SSSR count). The third kappa shape index (κ3) is 7.40. The third-order valence-electron chi connectivity index (χ3n) is 7.26. The Morgan fingerprint density at radius 3 is 2.52 bits per heavy atom. The summed E-state index contributed by atoms with van der Waals surface area (Å²) in [7, 11) is 3.70. The molecule has 0 radical (unpaired) electrons. The molecule has 0 bridgehead atoms. The van der Waals surface area contributed by atoms with Crippen LogP contribution in [0.15, 0.2) is 72.8 Å². The molecule has 0 fully saturated rings. The molecule has 2 N–H and O–H groups in total. The van der Waals surface area contributed by atoms with E-state index in [0.717, 1.165) is 23.4 Å². The van der Waals surface area contributed by atoms with Gasteiger partial charge in [0.05, 0.1) is 31.7 Å². The highest BCUT2D eigenvalue weighted by atomic mass is 16.5. The maximum Gasteiger partial charge on any atom is 0.258 e. The number of anilines is 1. The molecule has 0 spiro atoms. The largest absolute Gasteiger partial charge is 0.497 e. The molecule has 8 nitrogen and oxygen atoms in total. The Labute approximate surface area is 236 Å². The highest BCUT2D eigenvalue weighted by molar-refractivity contribution is 6.00. The number of likely N-dealkylation sites (N-methyl/N-ethyl adjacent to an activating group) is 1. The van der Waals surface area contributed by atoms with E-state index in [0.29, 0.717) is 30.1 Å². The number of hydrogen-bond acceptors (Lipinski definition) is 6. The lowest BCUT2D eigenvalue weighted by atomic mass is 9.99. The number of aliphatic hydroxyl groups is 1. The van der Waals surface area contributed by atoms with E-state index in [2.05, 4.69) is 17.1 Å². The van der Waals surface area contributed by atoms with Crippen LogP contribution in [-0.2, 0) is 17.8 Å². The van der Waals surface area contributed by atoms with Crippen molar-refractivity contribution in [2.24, 2.45) is 5.92 Å². The molecule has 0 saturated heterocycles. The van der Waals surface area contributed by atoms with Gasteiger partial charge in [0, 0.05) is 31.2 Å². The molecule has 0 unspecified atom stereocenters. The summed E-state index contributed by atoms with van der Waals surface area (Å²) in [4.78, 5) is 30.3. The molecule has 3 atom stereocenters. The molecule has 1 aliphatic rings. The monoisotopic (exact) mass is 545 g/mol. The van der Waals surface area contributed by atoms with Gasteiger partial charge < -0.3 is 24.8 Å². The maximum absolute atomic E-state index is 13.7. The number of rotatable bonds is 10. The summed E-state index contributed by atoms with van der Waals surface area (Å²) in [5.41, 5.74) is 2.95. The second kappa shape index (κ2) is 13.5. The first kappa shape index (κ1) is 29.1. The number of hydrogen-bond donors (Lipinski definition) is 2. The van der Waals surface area contributed by atoms with E-state index in [-0.39, 0.29) is 42.9 Å². The first-order valence-electron chi connectivity index (χ1n) is 13.6. The molecule has 40 heavy (non-hydrogen) atoms. The fourth-order valence-corrected chi connectivity index (χ4v) is 4.92. The molecule has 0 saturated carbocycles. The van der Waals surface area contributed by atoms with E-state index >= 15 is 0 Å². The summed E-state index contributed by atoms with van der Waals surface area (Å²) < 4.78 is 11.8. The highest BCUT2D eigenvalue weighted by Crippen LogP contribution is 2.31. The predicted octanol–water partition coefficient (Wildman–Crippen LogP) is 4.23. The molecular weight excluding hydrogens is 506 g/mol. The van der Waals surface area contributed by atoms with Crippen LogP contribution in [0.4, 0.5) is 5.69 Å².